The van der Waals surface area contributed by atoms with Gasteiger partial charge in [0, 0.05) is 30.4 Å². The first kappa shape index (κ1) is 24.4. The van der Waals surface area contributed by atoms with Crippen molar-refractivity contribution in [3.05, 3.63) is 96.2 Å². The van der Waals surface area contributed by atoms with E-state index in [2.05, 4.69) is 27.1 Å². The lowest BCUT2D eigenvalue weighted by atomic mass is 10.0. The number of alkyl halides is 2. The molecule has 3 aromatic carbocycles. The molecule has 0 saturated carbocycles. The van der Waals surface area contributed by atoms with Crippen molar-refractivity contribution in [3.8, 4) is 0 Å². The van der Waals surface area contributed by atoms with Crippen molar-refractivity contribution in [2.24, 2.45) is 11.0 Å². The van der Waals surface area contributed by atoms with Gasteiger partial charge in [0.15, 0.2) is 5.92 Å². The minimum absolute atomic E-state index is 0.190. The molecule has 1 aliphatic heterocycles. The van der Waals surface area contributed by atoms with Crippen molar-refractivity contribution in [2.45, 2.75) is 32.7 Å². The van der Waals surface area contributed by atoms with Gasteiger partial charge in [0.1, 0.15) is 0 Å². The number of hydrazone groups is 1. The number of benzene rings is 3. The number of hydrogen-bond acceptors (Lipinski definition) is 3. The number of nitrogens with zero attached hydrogens (tertiary/aromatic N) is 3. The van der Waals surface area contributed by atoms with Crippen molar-refractivity contribution >= 4 is 39.8 Å². The molecule has 0 spiro atoms. The van der Waals surface area contributed by atoms with E-state index in [0.29, 0.717) is 17.9 Å². The molecule has 0 saturated heterocycles. The molecule has 1 aromatic heterocycles. The van der Waals surface area contributed by atoms with Crippen LogP contribution < -0.4 is 10.3 Å². The Morgan fingerprint density at radius 1 is 1.03 bits per heavy atom. The van der Waals surface area contributed by atoms with E-state index in [1.165, 1.54) is 36.2 Å². The minimum Gasteiger partial charge on any atom is -0.343 e. The zero-order chi connectivity index (χ0) is 26.2. The normalized spacial score (nSPS) is 15.8. The van der Waals surface area contributed by atoms with Gasteiger partial charge in [-0.1, -0.05) is 55.5 Å². The number of aromatic nitrogens is 1. The van der Waals surface area contributed by atoms with Gasteiger partial charge in [-0.25, -0.2) is 8.78 Å². The predicted molar refractivity (Wildman–Crippen MR) is 141 cm³/mol. The highest BCUT2D eigenvalue weighted by molar-refractivity contribution is 6.28. The Hall–Kier alpha value is -4.33. The summed E-state index contributed by atoms with van der Waals surface area (Å²) in [5, 5.41) is 9.23. The summed E-state index contributed by atoms with van der Waals surface area (Å²) in [5.74, 6) is -5.26. The highest BCUT2D eigenvalue weighted by atomic mass is 19.3. The molecule has 0 radical (unpaired) electrons. The third-order valence-electron chi connectivity index (χ3n) is 6.59. The molecule has 37 heavy (non-hydrogen) atoms. The lowest BCUT2D eigenvalue weighted by Gasteiger charge is -2.17. The van der Waals surface area contributed by atoms with Gasteiger partial charge >= 0.3 is 0 Å². The van der Waals surface area contributed by atoms with Crippen molar-refractivity contribution < 1.29 is 18.4 Å². The summed E-state index contributed by atoms with van der Waals surface area (Å²) in [4.78, 5) is 26.3. The number of hydrogen-bond donors (Lipinski definition) is 1. The topological polar surface area (TPSA) is 66.7 Å². The molecule has 4 aromatic rings. The predicted octanol–water partition coefficient (Wildman–Crippen LogP) is 6.17. The van der Waals surface area contributed by atoms with E-state index in [9.17, 15) is 18.4 Å². The van der Waals surface area contributed by atoms with Crippen molar-refractivity contribution in [2.75, 3.05) is 10.3 Å². The van der Waals surface area contributed by atoms with Crippen molar-refractivity contribution in [1.29, 1.82) is 0 Å². The summed E-state index contributed by atoms with van der Waals surface area (Å²) >= 11 is 0. The van der Waals surface area contributed by atoms with Gasteiger partial charge in [-0.15, -0.1) is 0 Å². The lowest BCUT2D eigenvalue weighted by molar-refractivity contribution is -0.127. The zero-order valence-corrected chi connectivity index (χ0v) is 20.5. The van der Waals surface area contributed by atoms with E-state index >= 15 is 0 Å². The second kappa shape index (κ2) is 9.61. The summed E-state index contributed by atoms with van der Waals surface area (Å²) in [5.41, 5.74) is 2.97. The van der Waals surface area contributed by atoms with Crippen LogP contribution in [0.4, 0.5) is 20.2 Å². The highest BCUT2D eigenvalue weighted by Crippen LogP contribution is 2.33. The van der Waals surface area contributed by atoms with E-state index in [1.807, 2.05) is 42.6 Å². The van der Waals surface area contributed by atoms with Crippen LogP contribution in [-0.4, -0.2) is 22.1 Å². The number of fused-ring (bicyclic) bond motifs is 1. The monoisotopic (exact) mass is 500 g/mol. The molecule has 1 unspecified atom stereocenters. The number of anilines is 2. The fourth-order valence-electron chi connectivity index (χ4n) is 4.52. The first-order valence-electron chi connectivity index (χ1n) is 12.1. The molecule has 0 aliphatic carbocycles. The summed E-state index contributed by atoms with van der Waals surface area (Å²) in [6, 6.07) is 23.2. The molecule has 6 nitrogen and oxygen atoms in total. The van der Waals surface area contributed by atoms with Crippen LogP contribution >= 0.6 is 0 Å². The number of carbonyl (C=O) groups excluding carboxylic acids is 2. The number of rotatable bonds is 7. The largest absolute Gasteiger partial charge is 0.343 e. The molecule has 1 atom stereocenters. The number of amides is 2. The number of carbonyl (C=O) groups is 2. The van der Waals surface area contributed by atoms with Crippen molar-refractivity contribution in [1.82, 2.24) is 4.57 Å². The minimum atomic E-state index is -3.01. The lowest BCUT2D eigenvalue weighted by Crippen LogP contribution is -2.36. The second-order valence-electron chi connectivity index (χ2n) is 9.12. The molecule has 2 heterocycles. The van der Waals surface area contributed by atoms with E-state index in [-0.39, 0.29) is 17.7 Å². The van der Waals surface area contributed by atoms with Gasteiger partial charge < -0.3 is 9.88 Å². The maximum absolute atomic E-state index is 14.1. The third kappa shape index (κ3) is 4.74. The van der Waals surface area contributed by atoms with Crippen LogP contribution in [0.3, 0.4) is 0 Å². The Bertz CT molecular complexity index is 1510. The first-order valence-corrected chi connectivity index (χ1v) is 12.1. The molecule has 0 bridgehead atoms. The van der Waals surface area contributed by atoms with Crippen LogP contribution in [0.15, 0.2) is 90.2 Å². The average molecular weight is 501 g/mol. The molecular formula is C29H26F2N4O2. The number of nitrogens with one attached hydrogen (secondary N) is 1. The number of halogens is 2. The quantitative estimate of drug-likeness (QED) is 0.309. The Labute approximate surface area is 213 Å². The summed E-state index contributed by atoms with van der Waals surface area (Å²) in [6.45, 7) is 3.68. The standard InChI is InChI=1S/C29H26F2N4O2/c1-3-29(30,31)22-10-7-11-23(16-22)32-27(36)26-19(2)33-35(28(26)37)24-13-12-21-14-15-34(25(21)17-24)18-20-8-5-4-6-9-20/h4-17,26H,3,18H2,1-2H3,(H,32,36). The van der Waals surface area contributed by atoms with E-state index < -0.39 is 23.7 Å². The Morgan fingerprint density at radius 3 is 2.57 bits per heavy atom. The van der Waals surface area contributed by atoms with E-state index in [4.69, 9.17) is 0 Å². The molecule has 1 aliphatic rings. The van der Waals surface area contributed by atoms with Gasteiger partial charge in [-0.2, -0.15) is 10.1 Å². The van der Waals surface area contributed by atoms with E-state index in [1.54, 1.807) is 13.0 Å². The molecule has 2 amide bonds. The maximum atomic E-state index is 14.1. The Balaban J connectivity index is 1.37. The van der Waals surface area contributed by atoms with Crippen LogP contribution in [0, 0.1) is 5.92 Å². The van der Waals surface area contributed by atoms with Gasteiger partial charge in [-0.3, -0.25) is 9.59 Å². The van der Waals surface area contributed by atoms with Gasteiger partial charge in [0.25, 0.3) is 11.8 Å². The molecule has 0 fully saturated rings. The van der Waals surface area contributed by atoms with E-state index in [0.717, 1.165) is 16.5 Å². The van der Waals surface area contributed by atoms with Gasteiger partial charge in [0.05, 0.1) is 16.9 Å². The third-order valence-corrected chi connectivity index (χ3v) is 6.59. The summed E-state index contributed by atoms with van der Waals surface area (Å²) < 4.78 is 30.3. The van der Waals surface area contributed by atoms with Crippen LogP contribution in [0.25, 0.3) is 10.9 Å². The van der Waals surface area contributed by atoms with Crippen LogP contribution in [0.2, 0.25) is 0 Å². The highest BCUT2D eigenvalue weighted by Gasteiger charge is 2.40. The van der Waals surface area contributed by atoms with Gasteiger partial charge in [-0.05, 0) is 48.2 Å². The molecular weight excluding hydrogens is 474 g/mol. The summed E-state index contributed by atoms with van der Waals surface area (Å²) in [6.07, 6.45) is 1.64. The van der Waals surface area contributed by atoms with Crippen molar-refractivity contribution in [3.63, 3.8) is 0 Å². The molecule has 1 N–H and O–H groups in total. The smallest absolute Gasteiger partial charge is 0.273 e. The Kier molecular flexibility index (Phi) is 6.33. The van der Waals surface area contributed by atoms with Gasteiger partial charge in [0.2, 0.25) is 5.91 Å². The van der Waals surface area contributed by atoms with Crippen LogP contribution in [-0.2, 0) is 22.1 Å². The zero-order valence-electron chi connectivity index (χ0n) is 20.5. The fourth-order valence-corrected chi connectivity index (χ4v) is 4.52. The molecule has 5 rings (SSSR count). The van der Waals surface area contributed by atoms with Crippen LogP contribution in [0.5, 0.6) is 0 Å². The maximum Gasteiger partial charge on any atom is 0.273 e. The summed E-state index contributed by atoms with van der Waals surface area (Å²) in [7, 11) is 0. The fraction of sp³-hybridized carbons (Fsp3) is 0.207. The second-order valence-corrected chi connectivity index (χ2v) is 9.12. The molecule has 188 valence electrons. The average Bonchev–Trinajstić information content (AvgIpc) is 3.43. The SMILES string of the molecule is CCC(F)(F)c1cccc(NC(=O)C2C(=O)N(c3ccc4ccn(Cc5ccccc5)c4c3)N=C2C)c1. The Morgan fingerprint density at radius 2 is 1.81 bits per heavy atom. The molecule has 8 heteroatoms. The van der Waals surface area contributed by atoms with Crippen LogP contribution in [0.1, 0.15) is 31.4 Å². The first-order chi connectivity index (χ1) is 17.8.